The number of ether oxygens (including phenoxy) is 1. The summed E-state index contributed by atoms with van der Waals surface area (Å²) in [5, 5.41) is 2.35. The van der Waals surface area contributed by atoms with Crippen molar-refractivity contribution in [2.75, 3.05) is 13.2 Å². The van der Waals surface area contributed by atoms with Crippen LogP contribution in [0.1, 0.15) is 52.0 Å². The highest BCUT2D eigenvalue weighted by Gasteiger charge is 2.09. The molecule has 2 heteroatoms. The molecule has 18 heavy (non-hydrogen) atoms. The second-order valence-electron chi connectivity index (χ2n) is 5.11. The highest BCUT2D eigenvalue weighted by atomic mass is 16.5. The van der Waals surface area contributed by atoms with E-state index in [9.17, 15) is 0 Å². The first kappa shape index (κ1) is 15.0. The predicted molar refractivity (Wildman–Crippen MR) is 77.2 cm³/mol. The molecule has 0 radical (unpaired) electrons. The maximum Gasteiger partial charge on any atom is 0.137 e. The summed E-state index contributed by atoms with van der Waals surface area (Å²) in [6.07, 6.45) is 2.36. The van der Waals surface area contributed by atoms with E-state index in [1.807, 2.05) is 0 Å². The van der Waals surface area contributed by atoms with Gasteiger partial charge in [0.1, 0.15) is 18.9 Å². The first-order valence-corrected chi connectivity index (χ1v) is 7.24. The molecular formula is C16H28NO+. The summed E-state index contributed by atoms with van der Waals surface area (Å²) in [7, 11) is 0. The molecule has 0 saturated carbocycles. The van der Waals surface area contributed by atoms with Crippen LogP contribution in [0, 0.1) is 0 Å². The Kier molecular flexibility index (Phi) is 6.81. The summed E-state index contributed by atoms with van der Waals surface area (Å²) < 4.78 is 5.92. The maximum absolute atomic E-state index is 5.92. The van der Waals surface area contributed by atoms with E-state index in [0.717, 1.165) is 25.3 Å². The lowest BCUT2D eigenvalue weighted by molar-refractivity contribution is -0.686. The topological polar surface area (TPSA) is 25.8 Å². The molecule has 1 aromatic rings. The number of rotatable bonds is 8. The summed E-state index contributed by atoms with van der Waals surface area (Å²) in [6.45, 7) is 10.8. The van der Waals surface area contributed by atoms with E-state index in [-0.39, 0.29) is 0 Å². The highest BCUT2D eigenvalue weighted by Crippen LogP contribution is 2.28. The van der Waals surface area contributed by atoms with Gasteiger partial charge in [-0.25, -0.2) is 0 Å². The minimum atomic E-state index is 0.569. The van der Waals surface area contributed by atoms with Crippen LogP contribution in [-0.4, -0.2) is 19.2 Å². The fourth-order valence-corrected chi connectivity index (χ4v) is 1.93. The number of hydrogen-bond acceptors (Lipinski definition) is 1. The number of hydrogen-bond donors (Lipinski definition) is 1. The van der Waals surface area contributed by atoms with Gasteiger partial charge in [-0.05, 0) is 37.3 Å². The van der Waals surface area contributed by atoms with E-state index in [1.165, 1.54) is 12.0 Å². The van der Waals surface area contributed by atoms with Crippen molar-refractivity contribution in [1.82, 2.24) is 0 Å². The summed E-state index contributed by atoms with van der Waals surface area (Å²) in [6, 6.07) is 9.12. The fourth-order valence-electron chi connectivity index (χ4n) is 1.93. The van der Waals surface area contributed by atoms with E-state index in [1.54, 1.807) is 0 Å². The Hall–Kier alpha value is -1.02. The van der Waals surface area contributed by atoms with Gasteiger partial charge in [-0.3, -0.25) is 0 Å². The van der Waals surface area contributed by atoms with Crippen molar-refractivity contribution in [1.29, 1.82) is 0 Å². The van der Waals surface area contributed by atoms with Gasteiger partial charge in [0.15, 0.2) is 0 Å². The van der Waals surface area contributed by atoms with Gasteiger partial charge >= 0.3 is 0 Å². The average molecular weight is 250 g/mol. The van der Waals surface area contributed by atoms with Crippen molar-refractivity contribution in [2.24, 2.45) is 0 Å². The van der Waals surface area contributed by atoms with Crippen molar-refractivity contribution < 1.29 is 10.1 Å². The van der Waals surface area contributed by atoms with Gasteiger partial charge < -0.3 is 10.1 Å². The summed E-state index contributed by atoms with van der Waals surface area (Å²) >= 11 is 0. The van der Waals surface area contributed by atoms with Gasteiger partial charge in [-0.1, -0.05) is 39.0 Å². The molecule has 1 rings (SSSR count). The Morgan fingerprint density at radius 1 is 1.11 bits per heavy atom. The molecule has 2 atom stereocenters. The Morgan fingerprint density at radius 3 is 2.50 bits per heavy atom. The Labute approximate surface area is 112 Å². The van der Waals surface area contributed by atoms with Crippen LogP contribution in [0.2, 0.25) is 0 Å². The molecule has 0 aliphatic rings. The third kappa shape index (κ3) is 4.69. The molecule has 2 nitrogen and oxygen atoms in total. The van der Waals surface area contributed by atoms with Gasteiger partial charge in [0.25, 0.3) is 0 Å². The first-order chi connectivity index (χ1) is 8.69. The van der Waals surface area contributed by atoms with Crippen molar-refractivity contribution in [3.8, 4) is 5.75 Å². The van der Waals surface area contributed by atoms with Crippen LogP contribution in [0.5, 0.6) is 5.75 Å². The van der Waals surface area contributed by atoms with Crippen LogP contribution < -0.4 is 10.1 Å². The van der Waals surface area contributed by atoms with Crippen LogP contribution in [0.3, 0.4) is 0 Å². The average Bonchev–Trinajstić information content (AvgIpc) is 2.42. The first-order valence-electron chi connectivity index (χ1n) is 7.24. The van der Waals surface area contributed by atoms with Crippen LogP contribution in [0.4, 0.5) is 0 Å². The van der Waals surface area contributed by atoms with Gasteiger partial charge in [0, 0.05) is 0 Å². The second kappa shape index (κ2) is 8.15. The van der Waals surface area contributed by atoms with Gasteiger partial charge in [-0.2, -0.15) is 0 Å². The quantitative estimate of drug-likeness (QED) is 0.705. The minimum Gasteiger partial charge on any atom is -0.487 e. The molecule has 0 heterocycles. The smallest absolute Gasteiger partial charge is 0.137 e. The van der Waals surface area contributed by atoms with Crippen LogP contribution in [0.15, 0.2) is 24.3 Å². The summed E-state index contributed by atoms with van der Waals surface area (Å²) in [5.74, 6) is 1.63. The third-order valence-corrected chi connectivity index (χ3v) is 3.65. The molecule has 102 valence electrons. The van der Waals surface area contributed by atoms with Gasteiger partial charge in [0.2, 0.25) is 0 Å². The van der Waals surface area contributed by atoms with E-state index >= 15 is 0 Å². The molecule has 0 bridgehead atoms. The van der Waals surface area contributed by atoms with Crippen molar-refractivity contribution in [3.63, 3.8) is 0 Å². The molecule has 0 saturated heterocycles. The van der Waals surface area contributed by atoms with Gasteiger partial charge in [-0.15, -0.1) is 0 Å². The third-order valence-electron chi connectivity index (χ3n) is 3.65. The van der Waals surface area contributed by atoms with E-state index in [2.05, 4.69) is 57.3 Å². The van der Waals surface area contributed by atoms with E-state index in [4.69, 9.17) is 4.74 Å². The van der Waals surface area contributed by atoms with Gasteiger partial charge in [0.05, 0.1) is 6.04 Å². The molecule has 2 N–H and O–H groups in total. The second-order valence-corrected chi connectivity index (χ2v) is 5.11. The SMILES string of the molecule is CC[C@@H](C)c1ccccc1OCC[NH2+][C@@H](C)CC. The Bertz CT molecular complexity index is 338. The molecule has 0 aliphatic carbocycles. The molecule has 0 aliphatic heterocycles. The summed E-state index contributed by atoms with van der Waals surface area (Å²) in [4.78, 5) is 0. The molecule has 1 aromatic carbocycles. The standard InChI is InChI=1S/C16H27NO/c1-5-13(3)15-9-7-8-10-16(15)18-12-11-17-14(4)6-2/h7-10,13-14,17H,5-6,11-12H2,1-4H3/p+1/t13-,14+/m1/s1. The Balaban J connectivity index is 2.46. The maximum atomic E-state index is 5.92. The molecular weight excluding hydrogens is 222 g/mol. The highest BCUT2D eigenvalue weighted by molar-refractivity contribution is 5.35. The molecule has 0 unspecified atom stereocenters. The zero-order valence-corrected chi connectivity index (χ0v) is 12.3. The number of para-hydroxylation sites is 1. The van der Waals surface area contributed by atoms with Crippen LogP contribution in [0.25, 0.3) is 0 Å². The lowest BCUT2D eigenvalue weighted by atomic mass is 9.98. The molecule has 0 spiro atoms. The number of quaternary nitrogens is 1. The van der Waals surface area contributed by atoms with E-state index in [0.29, 0.717) is 12.0 Å². The largest absolute Gasteiger partial charge is 0.487 e. The zero-order valence-electron chi connectivity index (χ0n) is 12.3. The lowest BCUT2D eigenvalue weighted by Gasteiger charge is -2.15. The van der Waals surface area contributed by atoms with Crippen LogP contribution >= 0.6 is 0 Å². The normalized spacial score (nSPS) is 14.2. The predicted octanol–water partition coefficient (Wildman–Crippen LogP) is 2.94. The van der Waals surface area contributed by atoms with Crippen molar-refractivity contribution in [3.05, 3.63) is 29.8 Å². The van der Waals surface area contributed by atoms with Crippen molar-refractivity contribution >= 4 is 0 Å². The zero-order chi connectivity index (χ0) is 13.4. The number of benzene rings is 1. The van der Waals surface area contributed by atoms with Crippen LogP contribution in [-0.2, 0) is 0 Å². The monoisotopic (exact) mass is 250 g/mol. The summed E-state index contributed by atoms with van der Waals surface area (Å²) in [5.41, 5.74) is 1.34. The van der Waals surface area contributed by atoms with E-state index < -0.39 is 0 Å². The molecule has 0 aromatic heterocycles. The number of nitrogens with two attached hydrogens (primary N) is 1. The molecule has 0 amide bonds. The molecule has 0 fully saturated rings. The minimum absolute atomic E-state index is 0.569. The van der Waals surface area contributed by atoms with Crippen molar-refractivity contribution in [2.45, 2.75) is 52.5 Å². The fraction of sp³-hybridized carbons (Fsp3) is 0.625. The lowest BCUT2D eigenvalue weighted by Crippen LogP contribution is -2.90. The Morgan fingerprint density at radius 2 is 1.83 bits per heavy atom.